The van der Waals surface area contributed by atoms with Crippen LogP contribution in [0.25, 0.3) is 10.9 Å². The van der Waals surface area contributed by atoms with Crippen LogP contribution in [0.4, 0.5) is 0 Å². The highest BCUT2D eigenvalue weighted by atomic mass is 35.5. The maximum Gasteiger partial charge on any atom is 0.317 e. The zero-order chi connectivity index (χ0) is 19.7. The van der Waals surface area contributed by atoms with Crippen molar-refractivity contribution in [3.63, 3.8) is 0 Å². The second-order valence-electron chi connectivity index (χ2n) is 7.47. The van der Waals surface area contributed by atoms with E-state index in [2.05, 4.69) is 4.98 Å². The number of esters is 1. The zero-order valence-corrected chi connectivity index (χ0v) is 16.5. The third-order valence-corrected chi connectivity index (χ3v) is 6.00. The van der Waals surface area contributed by atoms with Gasteiger partial charge in [-0.1, -0.05) is 54.8 Å². The van der Waals surface area contributed by atoms with E-state index < -0.39 is 5.41 Å². The van der Waals surface area contributed by atoms with Crippen LogP contribution in [0.3, 0.4) is 0 Å². The molecule has 0 spiro atoms. The Kier molecular flexibility index (Phi) is 4.98. The number of rotatable bonds is 5. The summed E-state index contributed by atoms with van der Waals surface area (Å²) in [6.45, 7) is 1.61. The molecule has 1 aromatic heterocycles. The Morgan fingerprint density at radius 1 is 1.07 bits per heavy atom. The minimum Gasteiger partial charge on any atom is -0.457 e. The van der Waals surface area contributed by atoms with Crippen molar-refractivity contribution in [1.82, 2.24) is 4.98 Å². The SMILES string of the molecule is Cc1[nH]c2ccccc2c1C(=O)COC(=O)C1(c2ccc(Cl)cc2)CCCC1. The van der Waals surface area contributed by atoms with E-state index in [0.717, 1.165) is 47.8 Å². The van der Waals surface area contributed by atoms with Gasteiger partial charge in [0.1, 0.15) is 0 Å². The number of ketones is 1. The molecule has 0 amide bonds. The van der Waals surface area contributed by atoms with E-state index in [0.29, 0.717) is 10.6 Å². The number of H-pyrrole nitrogens is 1. The smallest absolute Gasteiger partial charge is 0.317 e. The average Bonchev–Trinajstić information content (AvgIpc) is 3.31. The molecule has 4 rings (SSSR count). The number of aromatic nitrogens is 1. The normalized spacial score (nSPS) is 15.6. The fourth-order valence-corrected chi connectivity index (χ4v) is 4.46. The van der Waals surface area contributed by atoms with Crippen molar-refractivity contribution in [2.24, 2.45) is 0 Å². The van der Waals surface area contributed by atoms with Gasteiger partial charge in [0, 0.05) is 27.2 Å². The Morgan fingerprint density at radius 3 is 2.46 bits per heavy atom. The first kappa shape index (κ1) is 18.8. The van der Waals surface area contributed by atoms with Gasteiger partial charge in [0.05, 0.1) is 5.41 Å². The summed E-state index contributed by atoms with van der Waals surface area (Å²) in [5.74, 6) is -0.509. The molecule has 0 radical (unpaired) electrons. The van der Waals surface area contributed by atoms with Crippen molar-refractivity contribution in [2.75, 3.05) is 6.61 Å². The predicted molar refractivity (Wildman–Crippen MR) is 110 cm³/mol. The van der Waals surface area contributed by atoms with Crippen LogP contribution in [0.1, 0.15) is 47.3 Å². The molecular weight excluding hydrogens is 374 g/mol. The number of Topliss-reactive ketones (excluding diaryl/α,β-unsaturated/α-hetero) is 1. The van der Waals surface area contributed by atoms with Crippen LogP contribution in [0, 0.1) is 6.92 Å². The molecule has 0 atom stereocenters. The molecule has 1 aliphatic carbocycles. The van der Waals surface area contributed by atoms with Gasteiger partial charge < -0.3 is 9.72 Å². The van der Waals surface area contributed by atoms with Gasteiger partial charge in [-0.3, -0.25) is 9.59 Å². The molecule has 1 fully saturated rings. The molecule has 5 heteroatoms. The summed E-state index contributed by atoms with van der Waals surface area (Å²) in [4.78, 5) is 29.1. The fraction of sp³-hybridized carbons (Fsp3) is 0.304. The lowest BCUT2D eigenvalue weighted by molar-refractivity contribution is -0.149. The molecule has 144 valence electrons. The van der Waals surface area contributed by atoms with Gasteiger partial charge in [0.2, 0.25) is 5.78 Å². The molecule has 1 N–H and O–H groups in total. The maximum absolute atomic E-state index is 13.1. The minimum absolute atomic E-state index is 0.187. The van der Waals surface area contributed by atoms with Crippen LogP contribution in [0.5, 0.6) is 0 Å². The number of aryl methyl sites for hydroxylation is 1. The topological polar surface area (TPSA) is 59.2 Å². The largest absolute Gasteiger partial charge is 0.457 e. The molecule has 1 aliphatic rings. The van der Waals surface area contributed by atoms with E-state index in [1.54, 1.807) is 12.1 Å². The number of fused-ring (bicyclic) bond motifs is 1. The molecule has 4 nitrogen and oxygen atoms in total. The highest BCUT2D eigenvalue weighted by Gasteiger charge is 2.44. The lowest BCUT2D eigenvalue weighted by Gasteiger charge is -2.27. The number of aromatic amines is 1. The van der Waals surface area contributed by atoms with Crippen molar-refractivity contribution >= 4 is 34.3 Å². The van der Waals surface area contributed by atoms with E-state index >= 15 is 0 Å². The number of hydrogen-bond acceptors (Lipinski definition) is 3. The predicted octanol–water partition coefficient (Wildman–Crippen LogP) is 5.37. The first-order chi connectivity index (χ1) is 13.5. The number of carbonyl (C=O) groups excluding carboxylic acids is 2. The molecule has 2 aromatic carbocycles. The van der Waals surface area contributed by atoms with Gasteiger partial charge in [-0.05, 0) is 43.5 Å². The summed E-state index contributed by atoms with van der Waals surface area (Å²) in [5.41, 5.74) is 2.52. The van der Waals surface area contributed by atoms with Gasteiger partial charge in [-0.2, -0.15) is 0 Å². The molecule has 1 heterocycles. The van der Waals surface area contributed by atoms with Gasteiger partial charge >= 0.3 is 5.97 Å². The Bertz CT molecular complexity index is 1030. The molecule has 0 aliphatic heterocycles. The number of ether oxygens (including phenoxy) is 1. The standard InChI is InChI=1S/C23H22ClNO3/c1-15-21(18-6-2-3-7-19(18)25-15)20(26)14-28-22(27)23(12-4-5-13-23)16-8-10-17(24)11-9-16/h2-3,6-11,25H,4-5,12-14H2,1H3. The molecule has 1 saturated carbocycles. The number of hydrogen-bond donors (Lipinski definition) is 1. The van der Waals surface area contributed by atoms with Crippen LogP contribution in [-0.2, 0) is 14.9 Å². The highest BCUT2D eigenvalue weighted by Crippen LogP contribution is 2.42. The molecule has 28 heavy (non-hydrogen) atoms. The quantitative estimate of drug-likeness (QED) is 0.466. The van der Waals surface area contributed by atoms with E-state index in [1.165, 1.54) is 0 Å². The monoisotopic (exact) mass is 395 g/mol. The van der Waals surface area contributed by atoms with Crippen molar-refractivity contribution < 1.29 is 14.3 Å². The summed E-state index contributed by atoms with van der Waals surface area (Å²) >= 11 is 6.00. The fourth-order valence-electron chi connectivity index (χ4n) is 4.34. The van der Waals surface area contributed by atoms with Crippen LogP contribution in [0.2, 0.25) is 5.02 Å². The van der Waals surface area contributed by atoms with Crippen LogP contribution < -0.4 is 0 Å². The molecule has 3 aromatic rings. The van der Waals surface area contributed by atoms with Gasteiger partial charge in [0.15, 0.2) is 6.61 Å². The van der Waals surface area contributed by atoms with Crippen molar-refractivity contribution in [3.05, 3.63) is 70.4 Å². The number of para-hydroxylation sites is 1. The molecule has 0 unspecified atom stereocenters. The van der Waals surface area contributed by atoms with Crippen molar-refractivity contribution in [2.45, 2.75) is 38.0 Å². The minimum atomic E-state index is -0.680. The van der Waals surface area contributed by atoms with Gasteiger partial charge in [-0.15, -0.1) is 0 Å². The van der Waals surface area contributed by atoms with E-state index in [1.807, 2.05) is 43.3 Å². The zero-order valence-electron chi connectivity index (χ0n) is 15.8. The molecule has 0 bridgehead atoms. The van der Waals surface area contributed by atoms with E-state index in [4.69, 9.17) is 16.3 Å². The maximum atomic E-state index is 13.1. The summed E-state index contributed by atoms with van der Waals surface area (Å²) in [7, 11) is 0. The summed E-state index contributed by atoms with van der Waals surface area (Å²) in [6, 6.07) is 15.0. The number of carbonyl (C=O) groups is 2. The molecule has 0 saturated heterocycles. The first-order valence-electron chi connectivity index (χ1n) is 9.55. The third kappa shape index (κ3) is 3.22. The Balaban J connectivity index is 1.55. The molecular formula is C23H22ClNO3. The van der Waals surface area contributed by atoms with Gasteiger partial charge in [0.25, 0.3) is 0 Å². The van der Waals surface area contributed by atoms with Crippen molar-refractivity contribution in [1.29, 1.82) is 0 Å². The Labute approximate surface area is 168 Å². The van der Waals surface area contributed by atoms with Crippen LogP contribution >= 0.6 is 11.6 Å². The van der Waals surface area contributed by atoms with E-state index in [9.17, 15) is 9.59 Å². The number of benzene rings is 2. The highest BCUT2D eigenvalue weighted by molar-refractivity contribution is 6.30. The lowest BCUT2D eigenvalue weighted by atomic mass is 9.79. The third-order valence-electron chi connectivity index (χ3n) is 5.75. The number of halogens is 1. The summed E-state index contributed by atoms with van der Waals surface area (Å²) < 4.78 is 5.57. The second-order valence-corrected chi connectivity index (χ2v) is 7.90. The van der Waals surface area contributed by atoms with Crippen LogP contribution in [-0.4, -0.2) is 23.3 Å². The second kappa shape index (κ2) is 7.44. The van der Waals surface area contributed by atoms with Crippen molar-refractivity contribution in [3.8, 4) is 0 Å². The van der Waals surface area contributed by atoms with Gasteiger partial charge in [-0.25, -0.2) is 0 Å². The van der Waals surface area contributed by atoms with E-state index in [-0.39, 0.29) is 18.4 Å². The Morgan fingerprint density at radius 2 is 1.75 bits per heavy atom. The number of nitrogens with one attached hydrogen (secondary N) is 1. The summed E-state index contributed by atoms with van der Waals surface area (Å²) in [6.07, 6.45) is 3.39. The van der Waals surface area contributed by atoms with Crippen LogP contribution in [0.15, 0.2) is 48.5 Å². The average molecular weight is 396 g/mol. The first-order valence-corrected chi connectivity index (χ1v) is 9.93. The summed E-state index contributed by atoms with van der Waals surface area (Å²) in [5, 5.41) is 1.49. The lowest BCUT2D eigenvalue weighted by Crippen LogP contribution is -2.35. The Hall–Kier alpha value is -2.59.